The fourth-order valence-electron chi connectivity index (χ4n) is 3.67. The van der Waals surface area contributed by atoms with Crippen molar-refractivity contribution in [2.24, 2.45) is 17.8 Å². The zero-order chi connectivity index (χ0) is 10.7. The predicted molar refractivity (Wildman–Crippen MR) is 67.3 cm³/mol. The summed E-state index contributed by atoms with van der Waals surface area (Å²) in [5.74, 6) is 2.94. The van der Waals surface area contributed by atoms with Crippen molar-refractivity contribution in [1.82, 2.24) is 0 Å². The van der Waals surface area contributed by atoms with Crippen LogP contribution in [0.25, 0.3) is 0 Å². The van der Waals surface area contributed by atoms with Crippen LogP contribution in [0.2, 0.25) is 0 Å². The van der Waals surface area contributed by atoms with Crippen LogP contribution in [-0.2, 0) is 0 Å². The van der Waals surface area contributed by atoms with E-state index in [9.17, 15) is 0 Å². The van der Waals surface area contributed by atoms with Gasteiger partial charge in [0.15, 0.2) is 0 Å². The van der Waals surface area contributed by atoms with E-state index in [1.807, 2.05) is 0 Å². The molecule has 0 amide bonds. The Hall–Kier alpha value is 0.290. The Labute approximate surface area is 99.8 Å². The largest absolute Gasteiger partial charge is 0.123 e. The van der Waals surface area contributed by atoms with Gasteiger partial charge in [-0.25, -0.2) is 0 Å². The van der Waals surface area contributed by atoms with E-state index in [1.54, 1.807) is 0 Å². The second kappa shape index (κ2) is 5.57. The molecule has 0 aromatic heterocycles. The van der Waals surface area contributed by atoms with Gasteiger partial charge in [0.1, 0.15) is 0 Å². The van der Waals surface area contributed by atoms with E-state index >= 15 is 0 Å². The van der Waals surface area contributed by atoms with E-state index in [4.69, 9.17) is 11.6 Å². The Bertz CT molecular complexity index is 190. The van der Waals surface area contributed by atoms with Crippen LogP contribution in [0.5, 0.6) is 0 Å². The van der Waals surface area contributed by atoms with Crippen molar-refractivity contribution in [1.29, 1.82) is 0 Å². The molecule has 0 aromatic rings. The third-order valence-electron chi connectivity index (χ3n) is 4.54. The third kappa shape index (κ3) is 3.37. The van der Waals surface area contributed by atoms with E-state index in [2.05, 4.69) is 6.92 Å². The van der Waals surface area contributed by atoms with Gasteiger partial charge in [-0.05, 0) is 37.0 Å². The molecule has 2 aliphatic carbocycles. The van der Waals surface area contributed by atoms with E-state index < -0.39 is 0 Å². The van der Waals surface area contributed by atoms with Crippen LogP contribution >= 0.6 is 11.6 Å². The van der Waals surface area contributed by atoms with E-state index in [0.717, 1.165) is 17.8 Å². The standard InChI is InChI=1S/C14H25Cl/c1-11-5-4-7-12(9-11)13-6-2-3-8-14(15)10-13/h11-14H,2-10H2,1H3. The van der Waals surface area contributed by atoms with E-state index in [1.165, 1.54) is 57.8 Å². The molecular formula is C14H25Cl. The summed E-state index contributed by atoms with van der Waals surface area (Å²) >= 11 is 6.37. The number of hydrogen-bond acceptors (Lipinski definition) is 0. The first-order chi connectivity index (χ1) is 7.25. The minimum Gasteiger partial charge on any atom is -0.123 e. The predicted octanol–water partition coefficient (Wildman–Crippen LogP) is 5.00. The topological polar surface area (TPSA) is 0 Å². The normalized spacial score (nSPS) is 43.6. The van der Waals surface area contributed by atoms with Gasteiger partial charge in [0.2, 0.25) is 0 Å². The van der Waals surface area contributed by atoms with Gasteiger partial charge in [0.25, 0.3) is 0 Å². The fraction of sp³-hybridized carbons (Fsp3) is 1.00. The lowest BCUT2D eigenvalue weighted by molar-refractivity contribution is 0.189. The maximum absolute atomic E-state index is 6.37. The minimum absolute atomic E-state index is 0.481. The molecule has 0 radical (unpaired) electrons. The summed E-state index contributed by atoms with van der Waals surface area (Å²) in [4.78, 5) is 0. The van der Waals surface area contributed by atoms with E-state index in [0.29, 0.717) is 5.38 Å². The Morgan fingerprint density at radius 3 is 2.27 bits per heavy atom. The Kier molecular flexibility index (Phi) is 4.37. The molecule has 0 heterocycles. The van der Waals surface area contributed by atoms with Crippen LogP contribution in [0.4, 0.5) is 0 Å². The number of alkyl halides is 1. The first-order valence-electron chi connectivity index (χ1n) is 6.89. The van der Waals surface area contributed by atoms with Crippen molar-refractivity contribution in [2.45, 2.75) is 70.1 Å². The van der Waals surface area contributed by atoms with Crippen LogP contribution in [0.1, 0.15) is 64.7 Å². The summed E-state index contributed by atoms with van der Waals surface area (Å²) < 4.78 is 0. The molecule has 0 aliphatic heterocycles. The van der Waals surface area contributed by atoms with Crippen LogP contribution in [0.15, 0.2) is 0 Å². The summed E-state index contributed by atoms with van der Waals surface area (Å²) in [7, 11) is 0. The summed E-state index contributed by atoms with van der Waals surface area (Å²) in [6.45, 7) is 2.43. The minimum atomic E-state index is 0.481. The fourth-order valence-corrected chi connectivity index (χ4v) is 4.06. The Balaban J connectivity index is 1.89. The molecule has 2 saturated carbocycles. The Morgan fingerprint density at radius 2 is 1.47 bits per heavy atom. The van der Waals surface area contributed by atoms with Gasteiger partial charge in [-0.2, -0.15) is 0 Å². The zero-order valence-electron chi connectivity index (χ0n) is 10.1. The molecule has 2 rings (SSSR count). The third-order valence-corrected chi connectivity index (χ3v) is 4.94. The van der Waals surface area contributed by atoms with Crippen LogP contribution < -0.4 is 0 Å². The first-order valence-corrected chi connectivity index (χ1v) is 7.33. The molecule has 0 aromatic carbocycles. The lowest BCUT2D eigenvalue weighted by atomic mass is 9.73. The highest BCUT2D eigenvalue weighted by Crippen LogP contribution is 2.40. The summed E-state index contributed by atoms with van der Waals surface area (Å²) in [5, 5.41) is 0.481. The van der Waals surface area contributed by atoms with Crippen molar-refractivity contribution >= 4 is 11.6 Å². The molecule has 88 valence electrons. The van der Waals surface area contributed by atoms with Crippen molar-refractivity contribution in [2.75, 3.05) is 0 Å². The molecule has 0 N–H and O–H groups in total. The number of hydrogen-bond donors (Lipinski definition) is 0. The number of rotatable bonds is 1. The lowest BCUT2D eigenvalue weighted by Crippen LogP contribution is -2.23. The molecule has 4 unspecified atom stereocenters. The lowest BCUT2D eigenvalue weighted by Gasteiger charge is -2.33. The highest BCUT2D eigenvalue weighted by molar-refractivity contribution is 6.20. The molecule has 0 spiro atoms. The van der Waals surface area contributed by atoms with Gasteiger partial charge in [-0.15, -0.1) is 11.6 Å². The Morgan fingerprint density at radius 1 is 0.800 bits per heavy atom. The second-order valence-electron chi connectivity index (χ2n) is 5.91. The van der Waals surface area contributed by atoms with Gasteiger partial charge < -0.3 is 0 Å². The van der Waals surface area contributed by atoms with Crippen molar-refractivity contribution < 1.29 is 0 Å². The van der Waals surface area contributed by atoms with Gasteiger partial charge >= 0.3 is 0 Å². The quantitative estimate of drug-likeness (QED) is 0.438. The zero-order valence-corrected chi connectivity index (χ0v) is 10.8. The summed E-state index contributed by atoms with van der Waals surface area (Å²) in [6, 6.07) is 0. The SMILES string of the molecule is CC1CCCC(C2CCCCC(Cl)C2)C1. The second-order valence-corrected chi connectivity index (χ2v) is 6.53. The van der Waals surface area contributed by atoms with E-state index in [-0.39, 0.29) is 0 Å². The van der Waals surface area contributed by atoms with Crippen LogP contribution in [0, 0.1) is 17.8 Å². The average molecular weight is 229 g/mol. The smallest absolute Gasteiger partial charge is 0.0338 e. The maximum atomic E-state index is 6.37. The molecule has 4 atom stereocenters. The summed E-state index contributed by atoms with van der Waals surface area (Å²) in [6.07, 6.45) is 12.7. The molecule has 0 saturated heterocycles. The highest BCUT2D eigenvalue weighted by Gasteiger charge is 2.29. The van der Waals surface area contributed by atoms with Gasteiger partial charge in [-0.3, -0.25) is 0 Å². The van der Waals surface area contributed by atoms with Crippen molar-refractivity contribution in [3.8, 4) is 0 Å². The van der Waals surface area contributed by atoms with Crippen LogP contribution in [0.3, 0.4) is 0 Å². The van der Waals surface area contributed by atoms with Crippen LogP contribution in [-0.4, -0.2) is 5.38 Å². The maximum Gasteiger partial charge on any atom is 0.0338 e. The molecule has 2 fully saturated rings. The monoisotopic (exact) mass is 228 g/mol. The summed E-state index contributed by atoms with van der Waals surface area (Å²) in [5.41, 5.74) is 0. The number of halogens is 1. The highest BCUT2D eigenvalue weighted by atomic mass is 35.5. The molecular weight excluding hydrogens is 204 g/mol. The molecule has 15 heavy (non-hydrogen) atoms. The average Bonchev–Trinajstić information content (AvgIpc) is 2.43. The molecule has 0 bridgehead atoms. The van der Waals surface area contributed by atoms with Crippen molar-refractivity contribution in [3.05, 3.63) is 0 Å². The van der Waals surface area contributed by atoms with Crippen molar-refractivity contribution in [3.63, 3.8) is 0 Å². The van der Waals surface area contributed by atoms with Gasteiger partial charge in [-0.1, -0.05) is 45.4 Å². The van der Waals surface area contributed by atoms with Gasteiger partial charge in [0.05, 0.1) is 0 Å². The molecule has 2 aliphatic rings. The van der Waals surface area contributed by atoms with Gasteiger partial charge in [0, 0.05) is 5.38 Å². The molecule has 1 heteroatoms. The molecule has 0 nitrogen and oxygen atoms in total. The first kappa shape index (κ1) is 11.8.